The Morgan fingerprint density at radius 2 is 1.86 bits per heavy atom. The molecule has 3 nitrogen and oxygen atoms in total. The average Bonchev–Trinajstić information content (AvgIpc) is 2.03. The molecular formula is C10H14KNO2. The molecule has 14 heavy (non-hydrogen) atoms. The topological polar surface area (TPSA) is 53.0 Å². The molecule has 0 aliphatic rings. The summed E-state index contributed by atoms with van der Waals surface area (Å²) in [4.78, 5) is 13.7. The molecule has 1 heterocycles. The SMILES string of the molecule is CC(C)(C)[O-].O=Cc1ccccn1.[K+]. The van der Waals surface area contributed by atoms with Gasteiger partial charge in [0.1, 0.15) is 5.69 Å². The van der Waals surface area contributed by atoms with E-state index >= 15 is 0 Å². The van der Waals surface area contributed by atoms with Crippen molar-refractivity contribution < 1.29 is 61.3 Å². The zero-order valence-corrected chi connectivity index (χ0v) is 12.3. The Labute approximate surface area is 127 Å². The van der Waals surface area contributed by atoms with Crippen LogP contribution in [0.5, 0.6) is 0 Å². The summed E-state index contributed by atoms with van der Waals surface area (Å²) in [6.45, 7) is 4.90. The van der Waals surface area contributed by atoms with Gasteiger partial charge in [-0.05, 0) is 12.1 Å². The molecule has 0 atom stereocenters. The standard InChI is InChI=1S/C6H5NO.C4H9O.K/c8-5-6-3-1-2-4-7-6;1-4(2,3)5;/h1-5H;1-3H3;/q;-1;+1. The minimum Gasteiger partial charge on any atom is -0.850 e. The van der Waals surface area contributed by atoms with E-state index in [1.807, 2.05) is 0 Å². The Morgan fingerprint density at radius 1 is 1.36 bits per heavy atom. The average molecular weight is 219 g/mol. The summed E-state index contributed by atoms with van der Waals surface area (Å²) in [6.07, 6.45) is 2.31. The molecule has 0 aliphatic heterocycles. The van der Waals surface area contributed by atoms with Crippen molar-refractivity contribution in [2.24, 2.45) is 0 Å². The summed E-state index contributed by atoms with van der Waals surface area (Å²) >= 11 is 0. The van der Waals surface area contributed by atoms with Gasteiger partial charge in [-0.2, -0.15) is 0 Å². The molecule has 0 fully saturated rings. The maximum Gasteiger partial charge on any atom is 1.00 e. The van der Waals surface area contributed by atoms with E-state index in [4.69, 9.17) is 0 Å². The number of nitrogens with zero attached hydrogens (tertiary/aromatic N) is 1. The van der Waals surface area contributed by atoms with Gasteiger partial charge in [0.15, 0.2) is 6.29 Å². The van der Waals surface area contributed by atoms with Crippen LogP contribution in [0.25, 0.3) is 0 Å². The van der Waals surface area contributed by atoms with Crippen molar-refractivity contribution in [3.63, 3.8) is 0 Å². The number of aldehydes is 1. The van der Waals surface area contributed by atoms with Crippen LogP contribution in [0.4, 0.5) is 0 Å². The molecule has 0 spiro atoms. The van der Waals surface area contributed by atoms with Gasteiger partial charge in [0.25, 0.3) is 0 Å². The van der Waals surface area contributed by atoms with Gasteiger partial charge >= 0.3 is 51.4 Å². The van der Waals surface area contributed by atoms with E-state index in [1.165, 1.54) is 0 Å². The number of hydrogen-bond acceptors (Lipinski definition) is 3. The molecule has 1 aromatic heterocycles. The first-order valence-corrected chi connectivity index (χ1v) is 4.00. The van der Waals surface area contributed by atoms with Gasteiger partial charge in [-0.25, -0.2) is 0 Å². The number of carbonyl (C=O) groups is 1. The molecule has 0 radical (unpaired) electrons. The summed E-state index contributed by atoms with van der Waals surface area (Å²) in [7, 11) is 0. The molecule has 0 unspecified atom stereocenters. The van der Waals surface area contributed by atoms with Crippen LogP contribution in [0.1, 0.15) is 31.3 Å². The maximum absolute atomic E-state index is 10.1. The van der Waals surface area contributed by atoms with E-state index in [1.54, 1.807) is 45.2 Å². The first-order valence-electron chi connectivity index (χ1n) is 4.00. The summed E-state index contributed by atoms with van der Waals surface area (Å²) in [6, 6.07) is 5.21. The summed E-state index contributed by atoms with van der Waals surface area (Å²) in [5.74, 6) is 0. The molecule has 0 bridgehead atoms. The number of aromatic nitrogens is 1. The fourth-order valence-corrected chi connectivity index (χ4v) is 0.446. The van der Waals surface area contributed by atoms with E-state index in [2.05, 4.69) is 4.98 Å². The quantitative estimate of drug-likeness (QED) is 0.407. The van der Waals surface area contributed by atoms with Crippen molar-refractivity contribution in [2.75, 3.05) is 0 Å². The number of hydrogen-bond donors (Lipinski definition) is 0. The number of carbonyl (C=O) groups excluding carboxylic acids is 1. The van der Waals surface area contributed by atoms with Crippen molar-refractivity contribution in [1.29, 1.82) is 0 Å². The maximum atomic E-state index is 10.1. The molecule has 0 amide bonds. The molecule has 0 N–H and O–H groups in total. The summed E-state index contributed by atoms with van der Waals surface area (Å²) in [5.41, 5.74) is -0.271. The minimum absolute atomic E-state index is 0. The van der Waals surface area contributed by atoms with Crippen molar-refractivity contribution in [2.45, 2.75) is 26.4 Å². The van der Waals surface area contributed by atoms with Gasteiger partial charge in [-0.3, -0.25) is 9.78 Å². The van der Waals surface area contributed by atoms with Crippen LogP contribution in [0.3, 0.4) is 0 Å². The van der Waals surface area contributed by atoms with E-state index in [0.29, 0.717) is 5.69 Å². The van der Waals surface area contributed by atoms with Crippen molar-refractivity contribution in [3.05, 3.63) is 30.1 Å². The van der Waals surface area contributed by atoms with Crippen LogP contribution in [-0.4, -0.2) is 16.9 Å². The van der Waals surface area contributed by atoms with Crippen LogP contribution >= 0.6 is 0 Å². The fourth-order valence-electron chi connectivity index (χ4n) is 0.446. The molecule has 1 rings (SSSR count). The molecule has 0 aliphatic carbocycles. The molecule has 0 aromatic carbocycles. The normalized spacial score (nSPS) is 9.14. The Hall–Kier alpha value is 0.416. The summed E-state index contributed by atoms with van der Waals surface area (Å²) < 4.78 is 0. The third-order valence-electron chi connectivity index (χ3n) is 0.809. The van der Waals surface area contributed by atoms with Gasteiger partial charge in [0.05, 0.1) is 0 Å². The van der Waals surface area contributed by atoms with Crippen LogP contribution in [0, 0.1) is 0 Å². The summed E-state index contributed by atoms with van der Waals surface area (Å²) in [5, 5.41) is 10.1. The van der Waals surface area contributed by atoms with E-state index in [0.717, 1.165) is 6.29 Å². The number of rotatable bonds is 1. The molecule has 0 saturated heterocycles. The van der Waals surface area contributed by atoms with Crippen LogP contribution in [0.2, 0.25) is 0 Å². The predicted molar refractivity (Wildman–Crippen MR) is 49.4 cm³/mol. The monoisotopic (exact) mass is 219 g/mol. The van der Waals surface area contributed by atoms with Crippen molar-refractivity contribution in [3.8, 4) is 0 Å². The second-order valence-corrected chi connectivity index (χ2v) is 3.48. The minimum atomic E-state index is -0.750. The predicted octanol–water partition coefficient (Wildman–Crippen LogP) is -1.96. The van der Waals surface area contributed by atoms with Gasteiger partial charge in [-0.1, -0.05) is 26.8 Å². The van der Waals surface area contributed by atoms with E-state index < -0.39 is 5.60 Å². The Kier molecular flexibility index (Phi) is 10.5. The Balaban J connectivity index is 0. The molecule has 1 aromatic rings. The number of pyridine rings is 1. The smallest absolute Gasteiger partial charge is 0.850 e. The van der Waals surface area contributed by atoms with E-state index in [-0.39, 0.29) is 51.4 Å². The van der Waals surface area contributed by atoms with Gasteiger partial charge in [-0.15, -0.1) is 5.60 Å². The second kappa shape index (κ2) is 8.70. The second-order valence-electron chi connectivity index (χ2n) is 3.48. The van der Waals surface area contributed by atoms with Crippen LogP contribution in [-0.2, 0) is 0 Å². The van der Waals surface area contributed by atoms with Crippen LogP contribution < -0.4 is 56.5 Å². The molecule has 72 valence electrons. The Bertz CT molecular complexity index is 238. The van der Waals surface area contributed by atoms with Crippen LogP contribution in [0.15, 0.2) is 24.4 Å². The van der Waals surface area contributed by atoms with Crippen molar-refractivity contribution >= 4 is 6.29 Å². The zero-order chi connectivity index (χ0) is 10.3. The largest absolute Gasteiger partial charge is 1.00 e. The third kappa shape index (κ3) is 14.9. The molecular weight excluding hydrogens is 205 g/mol. The molecule has 4 heteroatoms. The van der Waals surface area contributed by atoms with E-state index in [9.17, 15) is 9.90 Å². The Morgan fingerprint density at radius 3 is 2.07 bits per heavy atom. The first-order chi connectivity index (χ1) is 5.93. The van der Waals surface area contributed by atoms with Crippen molar-refractivity contribution in [1.82, 2.24) is 4.98 Å². The van der Waals surface area contributed by atoms with Gasteiger partial charge in [0, 0.05) is 6.20 Å². The first kappa shape index (κ1) is 16.8. The van der Waals surface area contributed by atoms with Gasteiger partial charge < -0.3 is 5.11 Å². The zero-order valence-electron chi connectivity index (χ0n) is 9.15. The third-order valence-corrected chi connectivity index (χ3v) is 0.809. The molecule has 0 saturated carbocycles. The van der Waals surface area contributed by atoms with Gasteiger partial charge in [0.2, 0.25) is 0 Å². The fraction of sp³-hybridized carbons (Fsp3) is 0.400.